The predicted molar refractivity (Wildman–Crippen MR) is 90.2 cm³/mol. The summed E-state index contributed by atoms with van der Waals surface area (Å²) in [5.41, 5.74) is 2.47. The molecule has 3 heterocycles. The van der Waals surface area contributed by atoms with Gasteiger partial charge < -0.3 is 4.74 Å². The number of fused-ring (bicyclic) bond motifs is 1. The van der Waals surface area contributed by atoms with Gasteiger partial charge in [0.25, 0.3) is 0 Å². The van der Waals surface area contributed by atoms with Gasteiger partial charge in [0.2, 0.25) is 0 Å². The van der Waals surface area contributed by atoms with Gasteiger partial charge in [0.1, 0.15) is 0 Å². The van der Waals surface area contributed by atoms with Gasteiger partial charge in [0, 0.05) is 50.3 Å². The number of thiazole rings is 1. The van der Waals surface area contributed by atoms with E-state index in [-0.39, 0.29) is 0 Å². The van der Waals surface area contributed by atoms with Crippen molar-refractivity contribution in [2.75, 3.05) is 19.8 Å². The largest absolute Gasteiger partial charge is 0.381 e. The summed E-state index contributed by atoms with van der Waals surface area (Å²) in [6, 6.07) is 2.13. The molecule has 6 heteroatoms. The van der Waals surface area contributed by atoms with Crippen LogP contribution in [0.5, 0.6) is 0 Å². The fraction of sp³-hybridized carbons (Fsp3) is 0.647. The van der Waals surface area contributed by atoms with E-state index in [1.165, 1.54) is 24.2 Å². The van der Waals surface area contributed by atoms with Gasteiger partial charge in [-0.05, 0) is 31.7 Å². The van der Waals surface area contributed by atoms with E-state index in [9.17, 15) is 0 Å². The van der Waals surface area contributed by atoms with E-state index >= 15 is 0 Å². The number of nitrogens with zero attached hydrogens (tertiary/aromatic N) is 4. The van der Waals surface area contributed by atoms with Gasteiger partial charge >= 0.3 is 0 Å². The highest BCUT2D eigenvalue weighted by atomic mass is 32.1. The standard InChI is InChI=1S/C17H24N4OS/c1-13-19-16(12-23-13)8-20-6-15(11-22-10-14-2-3-14)7-21-17(9-20)4-5-18-21/h4-5,12,14-15H,2-3,6-11H2,1H3. The van der Waals surface area contributed by atoms with E-state index in [0.29, 0.717) is 5.92 Å². The lowest BCUT2D eigenvalue weighted by Gasteiger charge is -2.23. The summed E-state index contributed by atoms with van der Waals surface area (Å²) >= 11 is 1.73. The van der Waals surface area contributed by atoms with Gasteiger partial charge in [0.05, 0.1) is 23.0 Å². The summed E-state index contributed by atoms with van der Waals surface area (Å²) < 4.78 is 8.12. The molecule has 2 aromatic rings. The van der Waals surface area contributed by atoms with Crippen molar-refractivity contribution >= 4 is 11.3 Å². The second-order valence-electron chi connectivity index (χ2n) is 6.88. The van der Waals surface area contributed by atoms with Crippen molar-refractivity contribution in [2.24, 2.45) is 11.8 Å². The lowest BCUT2D eigenvalue weighted by molar-refractivity contribution is 0.0694. The van der Waals surface area contributed by atoms with Gasteiger partial charge in [-0.3, -0.25) is 9.58 Å². The van der Waals surface area contributed by atoms with Crippen molar-refractivity contribution < 1.29 is 4.74 Å². The van der Waals surface area contributed by atoms with Gasteiger partial charge in [-0.25, -0.2) is 4.98 Å². The number of aromatic nitrogens is 3. The Morgan fingerprint density at radius 2 is 2.13 bits per heavy atom. The molecule has 0 saturated heterocycles. The van der Waals surface area contributed by atoms with Crippen LogP contribution in [0, 0.1) is 18.8 Å². The van der Waals surface area contributed by atoms with Crippen molar-refractivity contribution in [2.45, 2.75) is 39.4 Å². The highest BCUT2D eigenvalue weighted by Gasteiger charge is 2.25. The van der Waals surface area contributed by atoms with Crippen LogP contribution in [0.25, 0.3) is 0 Å². The zero-order valence-corrected chi connectivity index (χ0v) is 14.5. The molecule has 1 fully saturated rings. The molecular weight excluding hydrogens is 308 g/mol. The Labute approximate surface area is 141 Å². The monoisotopic (exact) mass is 332 g/mol. The summed E-state index contributed by atoms with van der Waals surface area (Å²) in [4.78, 5) is 7.11. The van der Waals surface area contributed by atoms with Gasteiger partial charge in [-0.15, -0.1) is 11.3 Å². The summed E-state index contributed by atoms with van der Waals surface area (Å²) in [6.45, 7) is 7.70. The third kappa shape index (κ3) is 4.00. The first-order valence-corrected chi connectivity index (χ1v) is 9.36. The quantitative estimate of drug-likeness (QED) is 0.816. The Hall–Kier alpha value is -1.24. The number of ether oxygens (including phenoxy) is 1. The predicted octanol–water partition coefficient (Wildman–Crippen LogP) is 2.71. The maximum absolute atomic E-state index is 5.97. The third-order valence-electron chi connectivity index (χ3n) is 4.59. The van der Waals surface area contributed by atoms with Crippen molar-refractivity contribution in [1.29, 1.82) is 0 Å². The molecule has 1 unspecified atom stereocenters. The molecule has 0 amide bonds. The summed E-state index contributed by atoms with van der Waals surface area (Å²) in [5.74, 6) is 1.32. The fourth-order valence-corrected chi connectivity index (χ4v) is 3.85. The molecule has 0 N–H and O–H groups in total. The highest BCUT2D eigenvalue weighted by Crippen LogP contribution is 2.29. The topological polar surface area (TPSA) is 43.2 Å². The van der Waals surface area contributed by atoms with Crippen LogP contribution >= 0.6 is 11.3 Å². The van der Waals surface area contributed by atoms with E-state index in [4.69, 9.17) is 4.74 Å². The van der Waals surface area contributed by atoms with Crippen LogP contribution in [-0.2, 0) is 24.4 Å². The number of hydrogen-bond acceptors (Lipinski definition) is 5. The molecule has 124 valence electrons. The summed E-state index contributed by atoms with van der Waals surface area (Å²) in [5, 5.41) is 7.81. The molecule has 0 aromatic carbocycles. The highest BCUT2D eigenvalue weighted by molar-refractivity contribution is 7.09. The Bertz CT molecular complexity index is 649. The van der Waals surface area contributed by atoms with Crippen molar-refractivity contribution in [1.82, 2.24) is 19.7 Å². The minimum atomic E-state index is 0.495. The SMILES string of the molecule is Cc1nc(CN2Cc3ccnn3CC(COCC3CC3)C2)cs1. The molecule has 0 spiro atoms. The second kappa shape index (κ2) is 6.71. The first kappa shape index (κ1) is 15.3. The smallest absolute Gasteiger partial charge is 0.0897 e. The fourth-order valence-electron chi connectivity index (χ4n) is 3.24. The molecule has 2 aliphatic rings. The number of aryl methyl sites for hydroxylation is 1. The zero-order valence-electron chi connectivity index (χ0n) is 13.6. The molecule has 4 rings (SSSR count). The molecule has 0 bridgehead atoms. The number of hydrogen-bond donors (Lipinski definition) is 0. The van der Waals surface area contributed by atoms with E-state index in [2.05, 4.69) is 38.0 Å². The van der Waals surface area contributed by atoms with Crippen LogP contribution in [-0.4, -0.2) is 39.4 Å². The van der Waals surface area contributed by atoms with Crippen LogP contribution < -0.4 is 0 Å². The maximum atomic E-state index is 5.97. The molecule has 0 radical (unpaired) electrons. The molecule has 1 aliphatic heterocycles. The average molecular weight is 332 g/mol. The molecular formula is C17H24N4OS. The van der Waals surface area contributed by atoms with Crippen LogP contribution in [0.1, 0.15) is 29.2 Å². The minimum Gasteiger partial charge on any atom is -0.381 e. The minimum absolute atomic E-state index is 0.495. The molecule has 5 nitrogen and oxygen atoms in total. The Morgan fingerprint density at radius 1 is 1.26 bits per heavy atom. The molecule has 1 aliphatic carbocycles. The molecule has 23 heavy (non-hydrogen) atoms. The lowest BCUT2D eigenvalue weighted by atomic mass is 10.1. The maximum Gasteiger partial charge on any atom is 0.0897 e. The summed E-state index contributed by atoms with van der Waals surface area (Å²) in [6.07, 6.45) is 4.61. The van der Waals surface area contributed by atoms with Crippen LogP contribution in [0.15, 0.2) is 17.6 Å². The van der Waals surface area contributed by atoms with E-state index in [1.54, 1.807) is 11.3 Å². The zero-order chi connectivity index (χ0) is 15.6. The normalized spacial score (nSPS) is 22.0. The van der Waals surface area contributed by atoms with Gasteiger partial charge in [-0.1, -0.05) is 0 Å². The van der Waals surface area contributed by atoms with Crippen LogP contribution in [0.2, 0.25) is 0 Å². The van der Waals surface area contributed by atoms with Crippen molar-refractivity contribution in [3.05, 3.63) is 34.0 Å². The number of rotatable bonds is 6. The third-order valence-corrected chi connectivity index (χ3v) is 5.42. The van der Waals surface area contributed by atoms with Crippen LogP contribution in [0.4, 0.5) is 0 Å². The van der Waals surface area contributed by atoms with Crippen molar-refractivity contribution in [3.63, 3.8) is 0 Å². The van der Waals surface area contributed by atoms with E-state index in [0.717, 1.165) is 50.3 Å². The first-order chi connectivity index (χ1) is 11.3. The lowest BCUT2D eigenvalue weighted by Crippen LogP contribution is -2.30. The molecule has 1 atom stereocenters. The molecule has 2 aromatic heterocycles. The van der Waals surface area contributed by atoms with E-state index < -0.39 is 0 Å². The second-order valence-corrected chi connectivity index (χ2v) is 7.94. The average Bonchev–Trinajstić information content (AvgIpc) is 3.16. The molecule has 1 saturated carbocycles. The first-order valence-electron chi connectivity index (χ1n) is 8.48. The van der Waals surface area contributed by atoms with Crippen LogP contribution in [0.3, 0.4) is 0 Å². The van der Waals surface area contributed by atoms with Gasteiger partial charge in [-0.2, -0.15) is 5.10 Å². The Kier molecular flexibility index (Phi) is 4.46. The summed E-state index contributed by atoms with van der Waals surface area (Å²) in [7, 11) is 0. The van der Waals surface area contributed by atoms with E-state index in [1.807, 2.05) is 6.20 Å². The van der Waals surface area contributed by atoms with Gasteiger partial charge in [0.15, 0.2) is 0 Å². The van der Waals surface area contributed by atoms with Crippen molar-refractivity contribution in [3.8, 4) is 0 Å². The Balaban J connectivity index is 1.42. The Morgan fingerprint density at radius 3 is 2.91 bits per heavy atom.